The molecule has 1 N–H and O–H groups in total. The zero-order valence-corrected chi connectivity index (χ0v) is 8.55. The van der Waals surface area contributed by atoms with Crippen LogP contribution in [0, 0.1) is 5.82 Å². The van der Waals surface area contributed by atoms with E-state index in [9.17, 15) is 9.18 Å². The maximum atomic E-state index is 13.5. The fraction of sp³-hybridized carbons (Fsp3) is 0.100. The lowest BCUT2D eigenvalue weighted by atomic mass is 10.1. The maximum absolute atomic E-state index is 13.5. The zero-order chi connectivity index (χ0) is 11.2. The molecule has 0 radical (unpaired) electrons. The van der Waals surface area contributed by atoms with Gasteiger partial charge in [0.05, 0.1) is 10.5 Å². The molecule has 0 atom stereocenters. The first-order valence-electron chi connectivity index (χ1n) is 4.18. The van der Waals surface area contributed by atoms with Crippen molar-refractivity contribution in [3.05, 3.63) is 34.7 Å². The van der Waals surface area contributed by atoms with Gasteiger partial charge >= 0.3 is 5.97 Å². The van der Waals surface area contributed by atoms with Gasteiger partial charge in [0.2, 0.25) is 0 Å². The summed E-state index contributed by atoms with van der Waals surface area (Å²) in [7, 11) is 1.74. The average Bonchev–Trinajstić information content (AvgIpc) is 2.49. The molecule has 0 bridgehead atoms. The fourth-order valence-corrected chi connectivity index (χ4v) is 1.76. The highest BCUT2D eigenvalue weighted by Crippen LogP contribution is 2.28. The normalized spacial score (nSPS) is 10.9. The predicted molar refractivity (Wildman–Crippen MR) is 54.8 cm³/mol. The lowest BCUT2D eigenvalue weighted by Crippen LogP contribution is -2.02. The van der Waals surface area contributed by atoms with Gasteiger partial charge in [-0.2, -0.15) is 0 Å². The molecule has 0 aliphatic heterocycles. The van der Waals surface area contributed by atoms with Crippen LogP contribution in [0.1, 0.15) is 10.4 Å². The number of fused-ring (bicyclic) bond motifs is 1. The van der Waals surface area contributed by atoms with Crippen LogP contribution in [0.4, 0.5) is 4.39 Å². The molecule has 0 fully saturated rings. The number of aryl methyl sites for hydroxylation is 1. The van der Waals surface area contributed by atoms with Gasteiger partial charge in [-0.3, -0.25) is 0 Å². The van der Waals surface area contributed by atoms with Crippen molar-refractivity contribution in [2.75, 3.05) is 0 Å². The Balaban J connectivity index is 2.97. The van der Waals surface area contributed by atoms with Crippen LogP contribution in [-0.2, 0) is 7.05 Å². The van der Waals surface area contributed by atoms with Crippen molar-refractivity contribution < 1.29 is 14.3 Å². The van der Waals surface area contributed by atoms with Crippen LogP contribution in [0.5, 0.6) is 0 Å². The first kappa shape index (κ1) is 9.98. The van der Waals surface area contributed by atoms with E-state index in [0.717, 1.165) is 0 Å². The standard InChI is InChI=1S/C10H7ClFNO2/c1-13-3-2-5-7(13)4-6(11)9(12)8(5)10(14)15/h2-4H,1H3,(H,14,15). The lowest BCUT2D eigenvalue weighted by molar-refractivity contribution is 0.0694. The van der Waals surface area contributed by atoms with Gasteiger partial charge in [-0.05, 0) is 12.1 Å². The second-order valence-corrected chi connectivity index (χ2v) is 3.62. The first-order chi connectivity index (χ1) is 7.02. The van der Waals surface area contributed by atoms with E-state index in [1.54, 1.807) is 23.9 Å². The van der Waals surface area contributed by atoms with E-state index in [0.29, 0.717) is 10.9 Å². The van der Waals surface area contributed by atoms with Crippen LogP contribution in [0.15, 0.2) is 18.3 Å². The Kier molecular flexibility index (Phi) is 2.16. The van der Waals surface area contributed by atoms with Crippen LogP contribution in [0.3, 0.4) is 0 Å². The van der Waals surface area contributed by atoms with Gasteiger partial charge in [-0.15, -0.1) is 0 Å². The average molecular weight is 228 g/mol. The molecule has 1 heterocycles. The van der Waals surface area contributed by atoms with Crippen LogP contribution < -0.4 is 0 Å². The summed E-state index contributed by atoms with van der Waals surface area (Å²) in [6, 6.07) is 2.97. The van der Waals surface area contributed by atoms with Crippen LogP contribution in [0.25, 0.3) is 10.9 Å². The van der Waals surface area contributed by atoms with Crippen molar-refractivity contribution >= 4 is 28.5 Å². The summed E-state index contributed by atoms with van der Waals surface area (Å²) in [5.74, 6) is -2.20. The quantitative estimate of drug-likeness (QED) is 0.814. The lowest BCUT2D eigenvalue weighted by Gasteiger charge is -2.03. The molecule has 0 saturated heterocycles. The Hall–Kier alpha value is -1.55. The molecule has 0 unspecified atom stereocenters. The molecule has 2 rings (SSSR count). The van der Waals surface area contributed by atoms with Gasteiger partial charge in [-0.25, -0.2) is 9.18 Å². The highest BCUT2D eigenvalue weighted by atomic mass is 35.5. The van der Waals surface area contributed by atoms with Gasteiger partial charge in [0.1, 0.15) is 5.56 Å². The number of carbonyl (C=O) groups is 1. The number of carboxylic acid groups (broad SMARTS) is 1. The monoisotopic (exact) mass is 227 g/mol. The Morgan fingerprint density at radius 3 is 2.87 bits per heavy atom. The van der Waals surface area contributed by atoms with E-state index in [4.69, 9.17) is 16.7 Å². The molecule has 3 nitrogen and oxygen atoms in total. The summed E-state index contributed by atoms with van der Waals surface area (Å²) in [6.45, 7) is 0. The molecule has 0 amide bonds. The molecule has 1 aromatic heterocycles. The van der Waals surface area contributed by atoms with Crippen molar-refractivity contribution in [2.24, 2.45) is 7.05 Å². The number of benzene rings is 1. The van der Waals surface area contributed by atoms with Crippen molar-refractivity contribution in [1.82, 2.24) is 4.57 Å². The number of nitrogens with zero attached hydrogens (tertiary/aromatic N) is 1. The summed E-state index contributed by atoms with van der Waals surface area (Å²) in [5, 5.41) is 9.06. The Labute approximate surface area is 89.7 Å². The largest absolute Gasteiger partial charge is 0.478 e. The number of halogens is 2. The summed E-state index contributed by atoms with van der Waals surface area (Å²) in [6.07, 6.45) is 1.66. The second kappa shape index (κ2) is 3.24. The first-order valence-corrected chi connectivity index (χ1v) is 4.56. The molecular weight excluding hydrogens is 221 g/mol. The molecule has 15 heavy (non-hydrogen) atoms. The van der Waals surface area contributed by atoms with E-state index in [2.05, 4.69) is 0 Å². The minimum absolute atomic E-state index is 0.179. The van der Waals surface area contributed by atoms with Gasteiger partial charge in [0.15, 0.2) is 5.82 Å². The van der Waals surface area contributed by atoms with Gasteiger partial charge in [0, 0.05) is 18.6 Å². The van der Waals surface area contributed by atoms with Gasteiger partial charge in [-0.1, -0.05) is 11.6 Å². The van der Waals surface area contributed by atoms with E-state index >= 15 is 0 Å². The van der Waals surface area contributed by atoms with Crippen molar-refractivity contribution in [3.63, 3.8) is 0 Å². The number of hydrogen-bond acceptors (Lipinski definition) is 1. The van der Waals surface area contributed by atoms with Crippen LogP contribution in [-0.4, -0.2) is 15.6 Å². The van der Waals surface area contributed by atoms with E-state index in [-0.39, 0.29) is 10.6 Å². The minimum atomic E-state index is -1.31. The van der Waals surface area contributed by atoms with E-state index < -0.39 is 11.8 Å². The number of aromatic carboxylic acids is 1. The van der Waals surface area contributed by atoms with Gasteiger partial charge < -0.3 is 9.67 Å². The Bertz CT molecular complexity index is 562. The summed E-state index contributed by atoms with van der Waals surface area (Å²) >= 11 is 5.61. The number of carboxylic acids is 1. The molecule has 5 heteroatoms. The number of aromatic nitrogens is 1. The molecule has 0 spiro atoms. The molecule has 0 saturated carbocycles. The van der Waals surface area contributed by atoms with Gasteiger partial charge in [0.25, 0.3) is 0 Å². The molecular formula is C10H7ClFNO2. The molecule has 0 aliphatic carbocycles. The Morgan fingerprint density at radius 2 is 2.27 bits per heavy atom. The van der Waals surface area contributed by atoms with Crippen LogP contribution >= 0.6 is 11.6 Å². The molecule has 0 aliphatic rings. The summed E-state index contributed by atoms with van der Waals surface area (Å²) < 4.78 is 15.2. The number of hydrogen-bond donors (Lipinski definition) is 1. The zero-order valence-electron chi connectivity index (χ0n) is 7.79. The highest BCUT2D eigenvalue weighted by molar-refractivity contribution is 6.32. The molecule has 1 aromatic carbocycles. The minimum Gasteiger partial charge on any atom is -0.478 e. The van der Waals surface area contributed by atoms with Crippen LogP contribution in [0.2, 0.25) is 5.02 Å². The maximum Gasteiger partial charge on any atom is 0.339 e. The van der Waals surface area contributed by atoms with Crippen molar-refractivity contribution in [3.8, 4) is 0 Å². The Morgan fingerprint density at radius 1 is 1.60 bits per heavy atom. The third kappa shape index (κ3) is 1.37. The molecule has 78 valence electrons. The van der Waals surface area contributed by atoms with Crippen molar-refractivity contribution in [2.45, 2.75) is 0 Å². The third-order valence-electron chi connectivity index (χ3n) is 2.30. The molecule has 2 aromatic rings. The SMILES string of the molecule is Cn1ccc2c(C(=O)O)c(F)c(Cl)cc21. The second-order valence-electron chi connectivity index (χ2n) is 3.21. The summed E-state index contributed by atoms with van der Waals surface area (Å²) in [4.78, 5) is 10.9. The smallest absolute Gasteiger partial charge is 0.339 e. The number of rotatable bonds is 1. The van der Waals surface area contributed by atoms with E-state index in [1.165, 1.54) is 6.07 Å². The topological polar surface area (TPSA) is 42.2 Å². The fourth-order valence-electron chi connectivity index (χ4n) is 1.56. The third-order valence-corrected chi connectivity index (χ3v) is 2.57. The summed E-state index contributed by atoms with van der Waals surface area (Å²) in [5.41, 5.74) is 0.219. The highest BCUT2D eigenvalue weighted by Gasteiger charge is 2.19. The van der Waals surface area contributed by atoms with Crippen molar-refractivity contribution in [1.29, 1.82) is 0 Å². The van der Waals surface area contributed by atoms with E-state index in [1.807, 2.05) is 0 Å². The predicted octanol–water partition coefficient (Wildman–Crippen LogP) is 2.67.